The fraction of sp³-hybridized carbons (Fsp3) is 0.500. The average molecular weight is 290 g/mol. The normalized spacial score (nSPS) is 15.2. The summed E-state index contributed by atoms with van der Waals surface area (Å²) in [7, 11) is -3.85. The van der Waals surface area contributed by atoms with Crippen LogP contribution in [-0.4, -0.2) is 25.7 Å². The predicted molar refractivity (Wildman–Crippen MR) is 71.5 cm³/mol. The van der Waals surface area contributed by atoms with Crippen LogP contribution in [-0.2, 0) is 10.0 Å². The molecule has 0 aliphatic rings. The Morgan fingerprint density at radius 1 is 1.47 bits per heavy atom. The highest BCUT2D eigenvalue weighted by atomic mass is 32.2. The van der Waals surface area contributed by atoms with Crippen molar-refractivity contribution < 1.29 is 17.9 Å². The highest BCUT2D eigenvalue weighted by Crippen LogP contribution is 2.23. The second-order valence-electron chi connectivity index (χ2n) is 4.68. The van der Waals surface area contributed by atoms with Gasteiger partial charge in [0.2, 0.25) is 10.0 Å². The molecule has 1 unspecified atom stereocenters. The van der Waals surface area contributed by atoms with E-state index in [2.05, 4.69) is 4.72 Å². The molecule has 0 aliphatic carbocycles. The molecule has 0 saturated carbocycles. The number of rotatable bonds is 6. The summed E-state index contributed by atoms with van der Waals surface area (Å²) in [6.45, 7) is 3.37. The van der Waals surface area contributed by atoms with Gasteiger partial charge in [0.1, 0.15) is 10.7 Å². The van der Waals surface area contributed by atoms with Crippen molar-refractivity contribution in [1.82, 2.24) is 4.72 Å². The Bertz CT molecular complexity index is 548. The number of benzene rings is 1. The molecule has 7 heteroatoms. The maximum atomic E-state index is 12.9. The Kier molecular flexibility index (Phi) is 4.89. The van der Waals surface area contributed by atoms with Gasteiger partial charge in [-0.15, -0.1) is 0 Å². The minimum atomic E-state index is -3.85. The molecule has 1 aromatic rings. The number of nitrogens with two attached hydrogens (primary N) is 1. The van der Waals surface area contributed by atoms with Gasteiger partial charge in [0.25, 0.3) is 0 Å². The number of aliphatic hydroxyl groups excluding tert-OH is 1. The molecule has 0 heterocycles. The first-order valence-corrected chi connectivity index (χ1v) is 7.42. The Morgan fingerprint density at radius 3 is 2.58 bits per heavy atom. The Balaban J connectivity index is 3.10. The van der Waals surface area contributed by atoms with Gasteiger partial charge in [-0.25, -0.2) is 17.5 Å². The number of nitrogens with one attached hydrogen (secondary N) is 1. The molecule has 0 spiro atoms. The summed E-state index contributed by atoms with van der Waals surface area (Å²) < 4.78 is 39.9. The maximum absolute atomic E-state index is 12.9. The Morgan fingerprint density at radius 2 is 2.11 bits per heavy atom. The van der Waals surface area contributed by atoms with E-state index in [4.69, 9.17) is 10.8 Å². The minimum absolute atomic E-state index is 0.133. The highest BCUT2D eigenvalue weighted by molar-refractivity contribution is 7.89. The van der Waals surface area contributed by atoms with E-state index in [9.17, 15) is 12.8 Å². The van der Waals surface area contributed by atoms with Crippen LogP contribution in [0.2, 0.25) is 0 Å². The van der Waals surface area contributed by atoms with E-state index in [1.54, 1.807) is 6.92 Å². The SMILES string of the molecule is CCC(C)(CCO)NS(=O)(=O)c1ccc(F)cc1N. The van der Waals surface area contributed by atoms with Crippen LogP contribution in [0, 0.1) is 5.82 Å². The molecule has 19 heavy (non-hydrogen) atoms. The summed E-state index contributed by atoms with van der Waals surface area (Å²) in [6, 6.07) is 3.13. The second kappa shape index (κ2) is 5.85. The highest BCUT2D eigenvalue weighted by Gasteiger charge is 2.29. The largest absolute Gasteiger partial charge is 0.398 e. The van der Waals surface area contributed by atoms with Crippen molar-refractivity contribution in [2.75, 3.05) is 12.3 Å². The molecule has 0 radical (unpaired) electrons. The zero-order chi connectivity index (χ0) is 14.7. The topological polar surface area (TPSA) is 92.4 Å². The first-order chi connectivity index (χ1) is 8.74. The van der Waals surface area contributed by atoms with Gasteiger partial charge in [0.15, 0.2) is 0 Å². The monoisotopic (exact) mass is 290 g/mol. The molecular weight excluding hydrogens is 271 g/mol. The van der Waals surface area contributed by atoms with E-state index in [-0.39, 0.29) is 23.6 Å². The van der Waals surface area contributed by atoms with Crippen molar-refractivity contribution in [2.24, 2.45) is 0 Å². The van der Waals surface area contributed by atoms with E-state index in [0.29, 0.717) is 6.42 Å². The molecule has 0 saturated heterocycles. The Hall–Kier alpha value is -1.18. The van der Waals surface area contributed by atoms with E-state index in [1.165, 1.54) is 0 Å². The van der Waals surface area contributed by atoms with Gasteiger partial charge < -0.3 is 10.8 Å². The fourth-order valence-corrected chi connectivity index (χ4v) is 3.31. The van der Waals surface area contributed by atoms with Crippen LogP contribution in [0.1, 0.15) is 26.7 Å². The number of halogens is 1. The van der Waals surface area contributed by atoms with Gasteiger partial charge in [-0.2, -0.15) is 0 Å². The third kappa shape index (κ3) is 3.89. The zero-order valence-electron chi connectivity index (χ0n) is 11.0. The molecule has 0 amide bonds. The lowest BCUT2D eigenvalue weighted by Gasteiger charge is -2.28. The summed E-state index contributed by atoms with van der Waals surface area (Å²) in [6.07, 6.45) is 0.789. The number of aliphatic hydroxyl groups is 1. The first-order valence-electron chi connectivity index (χ1n) is 5.94. The van der Waals surface area contributed by atoms with Crippen molar-refractivity contribution in [3.8, 4) is 0 Å². The van der Waals surface area contributed by atoms with Gasteiger partial charge in [-0.3, -0.25) is 0 Å². The van der Waals surface area contributed by atoms with E-state index < -0.39 is 21.4 Å². The quantitative estimate of drug-likeness (QED) is 0.687. The van der Waals surface area contributed by atoms with Crippen molar-refractivity contribution in [2.45, 2.75) is 37.1 Å². The van der Waals surface area contributed by atoms with Crippen LogP contribution in [0.3, 0.4) is 0 Å². The number of nitrogen functional groups attached to an aromatic ring is 1. The fourth-order valence-electron chi connectivity index (χ4n) is 1.69. The number of sulfonamides is 1. The number of hydrogen-bond donors (Lipinski definition) is 3. The average Bonchev–Trinajstić information content (AvgIpc) is 2.27. The van der Waals surface area contributed by atoms with E-state index >= 15 is 0 Å². The molecule has 0 fully saturated rings. The summed E-state index contributed by atoms with van der Waals surface area (Å²) in [5.41, 5.74) is 4.62. The second-order valence-corrected chi connectivity index (χ2v) is 6.33. The van der Waals surface area contributed by atoms with Crippen LogP contribution in [0.25, 0.3) is 0 Å². The number of anilines is 1. The van der Waals surface area contributed by atoms with Crippen LogP contribution >= 0.6 is 0 Å². The summed E-state index contributed by atoms with van der Waals surface area (Å²) >= 11 is 0. The van der Waals surface area contributed by atoms with Crippen LogP contribution in [0.15, 0.2) is 23.1 Å². The molecule has 0 bridgehead atoms. The molecule has 1 rings (SSSR count). The first kappa shape index (κ1) is 15.9. The molecule has 5 nitrogen and oxygen atoms in total. The van der Waals surface area contributed by atoms with Crippen molar-refractivity contribution in [1.29, 1.82) is 0 Å². The lowest BCUT2D eigenvalue weighted by Crippen LogP contribution is -2.46. The third-order valence-electron chi connectivity index (χ3n) is 3.09. The number of hydrogen-bond acceptors (Lipinski definition) is 4. The third-order valence-corrected chi connectivity index (χ3v) is 4.80. The molecule has 0 aliphatic heterocycles. The van der Waals surface area contributed by atoms with Crippen molar-refractivity contribution in [3.63, 3.8) is 0 Å². The molecule has 1 aromatic carbocycles. The van der Waals surface area contributed by atoms with Crippen molar-refractivity contribution >= 4 is 15.7 Å². The molecule has 0 aromatic heterocycles. The van der Waals surface area contributed by atoms with Crippen LogP contribution in [0.4, 0.5) is 10.1 Å². The summed E-state index contributed by atoms with van der Waals surface area (Å²) in [5, 5.41) is 8.98. The lowest BCUT2D eigenvalue weighted by atomic mass is 9.97. The lowest BCUT2D eigenvalue weighted by molar-refractivity contribution is 0.233. The maximum Gasteiger partial charge on any atom is 0.243 e. The Labute approximate surface area is 112 Å². The molecule has 4 N–H and O–H groups in total. The van der Waals surface area contributed by atoms with E-state index in [0.717, 1.165) is 18.2 Å². The molecular formula is C12H19FN2O3S. The minimum Gasteiger partial charge on any atom is -0.398 e. The van der Waals surface area contributed by atoms with Crippen molar-refractivity contribution in [3.05, 3.63) is 24.0 Å². The van der Waals surface area contributed by atoms with Crippen LogP contribution in [0.5, 0.6) is 0 Å². The van der Waals surface area contributed by atoms with Gasteiger partial charge in [0.05, 0.1) is 5.69 Å². The van der Waals surface area contributed by atoms with Gasteiger partial charge >= 0.3 is 0 Å². The predicted octanol–water partition coefficient (Wildman–Crippen LogP) is 1.24. The smallest absolute Gasteiger partial charge is 0.243 e. The molecule has 108 valence electrons. The van der Waals surface area contributed by atoms with Gasteiger partial charge in [0, 0.05) is 12.1 Å². The van der Waals surface area contributed by atoms with Gasteiger partial charge in [-0.05, 0) is 38.0 Å². The zero-order valence-corrected chi connectivity index (χ0v) is 11.8. The van der Waals surface area contributed by atoms with E-state index in [1.807, 2.05) is 6.92 Å². The molecule has 1 atom stereocenters. The standard InChI is InChI=1S/C12H19FN2O3S/c1-3-12(2,6-7-16)15-19(17,18)11-5-4-9(13)8-10(11)14/h4-5,8,15-16H,3,6-7,14H2,1-2H3. The van der Waals surface area contributed by atoms with Gasteiger partial charge in [-0.1, -0.05) is 6.92 Å². The van der Waals surface area contributed by atoms with Crippen LogP contribution < -0.4 is 10.5 Å². The summed E-state index contributed by atoms with van der Waals surface area (Å²) in [5.74, 6) is -0.593. The summed E-state index contributed by atoms with van der Waals surface area (Å²) in [4.78, 5) is -0.161.